The molecule has 0 aliphatic heterocycles. The molecule has 7 heteroatoms. The Morgan fingerprint density at radius 3 is 2.76 bits per heavy atom. The summed E-state index contributed by atoms with van der Waals surface area (Å²) in [5, 5.41) is 13.6. The van der Waals surface area contributed by atoms with Crippen molar-refractivity contribution in [3.05, 3.63) is 30.0 Å². The predicted octanol–water partition coefficient (Wildman–Crippen LogP) is 4.71. The molecule has 2 aliphatic rings. The van der Waals surface area contributed by atoms with E-state index in [0.717, 1.165) is 43.0 Å². The molecule has 0 saturated heterocycles. The zero-order chi connectivity index (χ0) is 24.3. The van der Waals surface area contributed by atoms with Crippen LogP contribution in [0.25, 0.3) is 10.9 Å². The predicted molar refractivity (Wildman–Crippen MR) is 128 cm³/mol. The number of benzene rings is 1. The van der Waals surface area contributed by atoms with Gasteiger partial charge in [0, 0.05) is 35.6 Å². The number of nitrogens with zero attached hydrogens (tertiary/aromatic N) is 1. The lowest BCUT2D eigenvalue weighted by molar-refractivity contribution is -0.129. The Hall–Kier alpha value is -3.14. The number of methoxy groups -OCH3 is 1. The van der Waals surface area contributed by atoms with Crippen molar-refractivity contribution in [2.24, 2.45) is 17.8 Å². The van der Waals surface area contributed by atoms with E-state index in [0.29, 0.717) is 36.6 Å². The Bertz CT molecular complexity index is 1130. The summed E-state index contributed by atoms with van der Waals surface area (Å²) in [7, 11) is 1.59. The normalized spacial score (nSPS) is 20.9. The number of nitrogens with one attached hydrogen (secondary N) is 2. The molecule has 7 nitrogen and oxygen atoms in total. The number of hydrogen-bond donors (Lipinski definition) is 2. The molecule has 0 unspecified atom stereocenters. The topological polar surface area (TPSA) is 112 Å². The van der Waals surface area contributed by atoms with E-state index in [1.54, 1.807) is 20.1 Å². The first-order valence-electron chi connectivity index (χ1n) is 12.3. The quantitative estimate of drug-likeness (QED) is 0.496. The third-order valence-corrected chi connectivity index (χ3v) is 7.24. The molecule has 180 valence electrons. The van der Waals surface area contributed by atoms with Crippen LogP contribution in [0, 0.1) is 29.1 Å². The van der Waals surface area contributed by atoms with Crippen LogP contribution in [0.5, 0.6) is 5.75 Å². The van der Waals surface area contributed by atoms with Gasteiger partial charge in [-0.3, -0.25) is 14.4 Å². The number of amides is 1. The number of ether oxygens (including phenoxy) is 1. The molecular weight excluding hydrogens is 430 g/mol. The first kappa shape index (κ1) is 24.0. The molecule has 0 spiro atoms. The summed E-state index contributed by atoms with van der Waals surface area (Å²) >= 11 is 0. The number of Topliss-reactive ketones (excluding diaryl/α,β-unsaturated/α-hetero) is 2. The summed E-state index contributed by atoms with van der Waals surface area (Å²) in [5.74, 6) is 0.190. The van der Waals surface area contributed by atoms with E-state index in [9.17, 15) is 19.6 Å². The van der Waals surface area contributed by atoms with E-state index in [-0.39, 0.29) is 29.8 Å². The number of carbonyl (C=O) groups is 3. The fourth-order valence-corrected chi connectivity index (χ4v) is 5.09. The lowest BCUT2D eigenvalue weighted by Crippen LogP contribution is -2.49. The first-order chi connectivity index (χ1) is 16.3. The molecule has 34 heavy (non-hydrogen) atoms. The molecule has 4 rings (SSSR count). The van der Waals surface area contributed by atoms with Gasteiger partial charge in [-0.2, -0.15) is 5.26 Å². The van der Waals surface area contributed by atoms with Crippen molar-refractivity contribution in [1.82, 2.24) is 10.3 Å². The van der Waals surface area contributed by atoms with Gasteiger partial charge >= 0.3 is 0 Å². The van der Waals surface area contributed by atoms with E-state index in [1.807, 2.05) is 18.2 Å². The number of ketones is 2. The minimum Gasteiger partial charge on any atom is -0.496 e. The average Bonchev–Trinajstić information content (AvgIpc) is 3.53. The number of H-pyrrole nitrogens is 1. The summed E-state index contributed by atoms with van der Waals surface area (Å²) in [6.45, 7) is 1.69. The van der Waals surface area contributed by atoms with Gasteiger partial charge in [-0.1, -0.05) is 25.3 Å². The monoisotopic (exact) mass is 463 g/mol. The average molecular weight is 464 g/mol. The SMILES string of the molecule is COc1cccc2[nH]c(C(=O)C[C@@H](CC3CC3)C(=O)N[C@](C)(C#N)C[C@@H]3CCCCC3=O)cc12. The first-order valence-corrected chi connectivity index (χ1v) is 12.3. The van der Waals surface area contributed by atoms with Crippen LogP contribution >= 0.6 is 0 Å². The third-order valence-electron chi connectivity index (χ3n) is 7.24. The van der Waals surface area contributed by atoms with Crippen molar-refractivity contribution >= 4 is 28.4 Å². The van der Waals surface area contributed by atoms with Crippen LogP contribution in [0.1, 0.15) is 75.2 Å². The molecule has 1 amide bonds. The van der Waals surface area contributed by atoms with Gasteiger partial charge in [-0.05, 0) is 56.7 Å². The summed E-state index contributed by atoms with van der Waals surface area (Å²) in [6.07, 6.45) is 6.33. The number of hydrogen-bond acceptors (Lipinski definition) is 5. The third kappa shape index (κ3) is 5.49. The van der Waals surface area contributed by atoms with Crippen LogP contribution < -0.4 is 10.1 Å². The second kappa shape index (κ2) is 10.0. The fourth-order valence-electron chi connectivity index (χ4n) is 5.09. The van der Waals surface area contributed by atoms with Crippen LogP contribution in [-0.2, 0) is 9.59 Å². The van der Waals surface area contributed by atoms with Crippen molar-refractivity contribution in [3.63, 3.8) is 0 Å². The lowest BCUT2D eigenvalue weighted by atomic mass is 9.79. The van der Waals surface area contributed by atoms with Crippen molar-refractivity contribution in [2.75, 3.05) is 7.11 Å². The van der Waals surface area contributed by atoms with Crippen molar-refractivity contribution in [3.8, 4) is 11.8 Å². The van der Waals surface area contributed by atoms with Crippen molar-refractivity contribution < 1.29 is 19.1 Å². The minimum absolute atomic E-state index is 0.0708. The van der Waals surface area contributed by atoms with Gasteiger partial charge in [0.15, 0.2) is 5.78 Å². The highest BCUT2D eigenvalue weighted by atomic mass is 16.5. The van der Waals surface area contributed by atoms with Gasteiger partial charge in [0.05, 0.1) is 18.9 Å². The van der Waals surface area contributed by atoms with Crippen LogP contribution in [0.2, 0.25) is 0 Å². The van der Waals surface area contributed by atoms with Gasteiger partial charge in [0.25, 0.3) is 0 Å². The zero-order valence-electron chi connectivity index (χ0n) is 20.0. The highest BCUT2D eigenvalue weighted by Gasteiger charge is 2.37. The Balaban J connectivity index is 1.47. The van der Waals surface area contributed by atoms with Crippen molar-refractivity contribution in [2.45, 2.75) is 70.3 Å². The van der Waals surface area contributed by atoms with E-state index in [4.69, 9.17) is 4.74 Å². The molecule has 2 aromatic rings. The van der Waals surface area contributed by atoms with Gasteiger partial charge in [0.1, 0.15) is 17.1 Å². The number of rotatable bonds is 10. The summed E-state index contributed by atoms with van der Waals surface area (Å²) in [5.41, 5.74) is 0.123. The molecule has 0 radical (unpaired) electrons. The zero-order valence-corrected chi connectivity index (χ0v) is 20.0. The number of nitriles is 1. The van der Waals surface area contributed by atoms with Gasteiger partial charge < -0.3 is 15.0 Å². The highest BCUT2D eigenvalue weighted by Crippen LogP contribution is 2.37. The molecule has 1 heterocycles. The molecule has 3 atom stereocenters. The summed E-state index contributed by atoms with van der Waals surface area (Å²) < 4.78 is 5.39. The van der Waals surface area contributed by atoms with Crippen molar-refractivity contribution in [1.29, 1.82) is 5.26 Å². The van der Waals surface area contributed by atoms with E-state index in [2.05, 4.69) is 16.4 Å². The van der Waals surface area contributed by atoms with Gasteiger partial charge in [-0.15, -0.1) is 0 Å². The molecule has 0 bridgehead atoms. The van der Waals surface area contributed by atoms with Crippen LogP contribution in [-0.4, -0.2) is 35.1 Å². The maximum Gasteiger partial charge on any atom is 0.224 e. The molecule has 2 fully saturated rings. The summed E-state index contributed by atoms with van der Waals surface area (Å²) in [4.78, 5) is 41.9. The summed E-state index contributed by atoms with van der Waals surface area (Å²) in [6, 6.07) is 9.58. The Labute approximate surface area is 200 Å². The second-order valence-corrected chi connectivity index (χ2v) is 10.2. The largest absolute Gasteiger partial charge is 0.496 e. The highest BCUT2D eigenvalue weighted by molar-refractivity contribution is 6.02. The van der Waals surface area contributed by atoms with Gasteiger partial charge in [-0.25, -0.2) is 0 Å². The maximum atomic E-state index is 13.3. The second-order valence-electron chi connectivity index (χ2n) is 10.2. The molecule has 2 saturated carbocycles. The Kier molecular flexibility index (Phi) is 7.06. The smallest absolute Gasteiger partial charge is 0.224 e. The molecule has 2 aliphatic carbocycles. The fraction of sp³-hybridized carbons (Fsp3) is 0.556. The number of aromatic nitrogens is 1. The lowest BCUT2D eigenvalue weighted by Gasteiger charge is -2.31. The van der Waals surface area contributed by atoms with Crippen LogP contribution in [0.15, 0.2) is 24.3 Å². The van der Waals surface area contributed by atoms with Gasteiger partial charge in [0.2, 0.25) is 5.91 Å². The Morgan fingerprint density at radius 1 is 1.29 bits per heavy atom. The standard InChI is InChI=1S/C27H33N3O4/c1-27(16-28,15-18-6-3-4-8-23(18)31)30-26(33)19(12-17-10-11-17)13-24(32)22-14-20-21(29-22)7-5-9-25(20)34-2/h5,7,9,14,17-19,29H,3-4,6,8,10-13,15H2,1-2H3,(H,30,33)/t18-,19+,27-/m0/s1. The number of aromatic amines is 1. The molecular formula is C27H33N3O4. The van der Waals surface area contributed by atoms with E-state index >= 15 is 0 Å². The van der Waals surface area contributed by atoms with E-state index in [1.165, 1.54) is 0 Å². The number of fused-ring (bicyclic) bond motifs is 1. The van der Waals surface area contributed by atoms with Crippen LogP contribution in [0.4, 0.5) is 0 Å². The maximum absolute atomic E-state index is 13.3. The van der Waals surface area contributed by atoms with Crippen LogP contribution in [0.3, 0.4) is 0 Å². The van der Waals surface area contributed by atoms with E-state index < -0.39 is 11.5 Å². The molecule has 1 aromatic carbocycles. The molecule has 2 N–H and O–H groups in total. The molecule has 1 aromatic heterocycles. The number of carbonyl (C=O) groups excluding carboxylic acids is 3. The Morgan fingerprint density at radius 2 is 2.09 bits per heavy atom. The minimum atomic E-state index is -1.13.